The minimum Gasteiger partial charge on any atom is -0.353 e. The molecule has 0 aliphatic carbocycles. The molecule has 0 radical (unpaired) electrons. The van der Waals surface area contributed by atoms with E-state index in [9.17, 15) is 4.79 Å². The van der Waals surface area contributed by atoms with Crippen molar-refractivity contribution in [1.29, 1.82) is 0 Å². The van der Waals surface area contributed by atoms with Crippen molar-refractivity contribution in [3.63, 3.8) is 0 Å². The highest BCUT2D eigenvalue weighted by molar-refractivity contribution is 9.10. The van der Waals surface area contributed by atoms with E-state index in [0.29, 0.717) is 42.6 Å². The van der Waals surface area contributed by atoms with Gasteiger partial charge in [0.2, 0.25) is 0 Å². The first-order chi connectivity index (χ1) is 13.1. The van der Waals surface area contributed by atoms with Crippen LogP contribution in [0.25, 0.3) is 5.82 Å². The number of rotatable bonds is 3. The molecule has 0 N–H and O–H groups in total. The predicted octanol–water partition coefficient (Wildman–Crippen LogP) is 2.44. The lowest BCUT2D eigenvalue weighted by atomic mass is 10.2. The highest BCUT2D eigenvalue weighted by atomic mass is 79.9. The highest BCUT2D eigenvalue weighted by Crippen LogP contribution is 2.23. The molecule has 138 valence electrons. The molecule has 1 saturated heterocycles. The first kappa shape index (κ1) is 17.9. The van der Waals surface area contributed by atoms with Crippen molar-refractivity contribution in [3.8, 4) is 5.82 Å². The SMILES string of the molecule is O=C(c1cc(Br)ccc1Cl)N1CCN(c2cc(-n3cncn3)ncn2)CC1. The summed E-state index contributed by atoms with van der Waals surface area (Å²) in [6.45, 7) is 2.52. The smallest absolute Gasteiger partial charge is 0.255 e. The van der Waals surface area contributed by atoms with Gasteiger partial charge in [-0.3, -0.25) is 4.79 Å². The van der Waals surface area contributed by atoms with E-state index in [-0.39, 0.29) is 5.91 Å². The van der Waals surface area contributed by atoms with Gasteiger partial charge in [0, 0.05) is 36.7 Å². The highest BCUT2D eigenvalue weighted by Gasteiger charge is 2.24. The Kier molecular flexibility index (Phi) is 5.04. The Morgan fingerprint density at radius 1 is 1.04 bits per heavy atom. The molecule has 1 aliphatic rings. The second kappa shape index (κ2) is 7.61. The number of anilines is 1. The number of carbonyl (C=O) groups is 1. The Bertz CT molecular complexity index is 958. The van der Waals surface area contributed by atoms with Gasteiger partial charge in [-0.15, -0.1) is 0 Å². The molecule has 0 unspecified atom stereocenters. The zero-order chi connectivity index (χ0) is 18.8. The fourth-order valence-electron chi connectivity index (χ4n) is 2.93. The topological polar surface area (TPSA) is 80.0 Å². The molecular formula is C17H15BrClN7O. The lowest BCUT2D eigenvalue weighted by molar-refractivity contribution is 0.0746. The number of piperazine rings is 1. The molecule has 1 fully saturated rings. The third-order valence-electron chi connectivity index (χ3n) is 4.34. The number of aromatic nitrogens is 5. The van der Waals surface area contributed by atoms with Gasteiger partial charge in [0.25, 0.3) is 5.91 Å². The molecule has 0 atom stereocenters. The van der Waals surface area contributed by atoms with Crippen molar-refractivity contribution in [3.05, 3.63) is 58.3 Å². The van der Waals surface area contributed by atoms with Gasteiger partial charge in [0.15, 0.2) is 5.82 Å². The van der Waals surface area contributed by atoms with Crippen molar-refractivity contribution in [2.24, 2.45) is 0 Å². The number of nitrogens with zero attached hydrogens (tertiary/aromatic N) is 7. The standard InChI is InChI=1S/C17H15BrClN7O/c18-12-1-2-14(19)13(7-12)17(27)25-5-3-24(4-6-25)15-8-16(22-10-21-15)26-11-20-9-23-26/h1-2,7-11H,3-6H2. The van der Waals surface area contributed by atoms with Gasteiger partial charge in [0.1, 0.15) is 24.8 Å². The maximum Gasteiger partial charge on any atom is 0.255 e. The van der Waals surface area contributed by atoms with Crippen LogP contribution in [-0.4, -0.2) is 61.7 Å². The third kappa shape index (κ3) is 3.79. The summed E-state index contributed by atoms with van der Waals surface area (Å²) in [5.41, 5.74) is 0.509. The van der Waals surface area contributed by atoms with Crippen molar-refractivity contribution in [2.45, 2.75) is 0 Å². The van der Waals surface area contributed by atoms with Crippen molar-refractivity contribution >= 4 is 39.3 Å². The number of amides is 1. The van der Waals surface area contributed by atoms with Gasteiger partial charge >= 0.3 is 0 Å². The largest absolute Gasteiger partial charge is 0.353 e. The van der Waals surface area contributed by atoms with E-state index in [1.807, 2.05) is 17.0 Å². The summed E-state index contributed by atoms with van der Waals surface area (Å²) < 4.78 is 2.41. The summed E-state index contributed by atoms with van der Waals surface area (Å²) >= 11 is 9.58. The fraction of sp³-hybridized carbons (Fsp3) is 0.235. The zero-order valence-corrected chi connectivity index (χ0v) is 16.5. The maximum atomic E-state index is 12.8. The molecule has 0 bridgehead atoms. The molecule has 3 aromatic rings. The minimum atomic E-state index is -0.0630. The Labute approximate surface area is 168 Å². The van der Waals surface area contributed by atoms with Crippen LogP contribution < -0.4 is 4.90 Å². The summed E-state index contributed by atoms with van der Waals surface area (Å²) in [6.07, 6.45) is 4.55. The van der Waals surface area contributed by atoms with Crippen molar-refractivity contribution in [1.82, 2.24) is 29.6 Å². The van der Waals surface area contributed by atoms with Crippen LogP contribution >= 0.6 is 27.5 Å². The van der Waals surface area contributed by atoms with Crippen LogP contribution in [0.4, 0.5) is 5.82 Å². The molecule has 3 heterocycles. The molecule has 4 rings (SSSR count). The monoisotopic (exact) mass is 447 g/mol. The first-order valence-electron chi connectivity index (χ1n) is 8.28. The van der Waals surface area contributed by atoms with Crippen LogP contribution in [0.2, 0.25) is 5.02 Å². The van der Waals surface area contributed by atoms with E-state index in [1.165, 1.54) is 12.7 Å². The second-order valence-electron chi connectivity index (χ2n) is 5.98. The van der Waals surface area contributed by atoms with Crippen LogP contribution in [0, 0.1) is 0 Å². The molecule has 1 aromatic carbocycles. The van der Waals surface area contributed by atoms with Gasteiger partial charge < -0.3 is 9.80 Å². The molecular weight excluding hydrogens is 434 g/mol. The van der Waals surface area contributed by atoms with E-state index in [1.54, 1.807) is 23.1 Å². The third-order valence-corrected chi connectivity index (χ3v) is 5.16. The van der Waals surface area contributed by atoms with Crippen molar-refractivity contribution in [2.75, 3.05) is 31.1 Å². The summed E-state index contributed by atoms with van der Waals surface area (Å²) in [5.74, 6) is 1.38. The van der Waals surface area contributed by atoms with Crippen LogP contribution in [0.5, 0.6) is 0 Å². The quantitative estimate of drug-likeness (QED) is 0.612. The molecule has 0 spiro atoms. The Hall–Kier alpha value is -2.52. The molecule has 1 aliphatic heterocycles. The minimum absolute atomic E-state index is 0.0630. The van der Waals surface area contributed by atoms with E-state index in [2.05, 4.69) is 40.9 Å². The molecule has 8 nitrogen and oxygen atoms in total. The molecule has 2 aromatic heterocycles. The maximum absolute atomic E-state index is 12.8. The Morgan fingerprint density at radius 3 is 2.56 bits per heavy atom. The van der Waals surface area contributed by atoms with Crippen LogP contribution in [-0.2, 0) is 0 Å². The van der Waals surface area contributed by atoms with Gasteiger partial charge in [0.05, 0.1) is 10.6 Å². The molecule has 10 heteroatoms. The first-order valence-corrected chi connectivity index (χ1v) is 9.45. The van der Waals surface area contributed by atoms with Gasteiger partial charge in [-0.1, -0.05) is 27.5 Å². The molecule has 1 amide bonds. The Balaban J connectivity index is 1.45. The summed E-state index contributed by atoms with van der Waals surface area (Å²) in [7, 11) is 0. The average Bonchev–Trinajstić information content (AvgIpc) is 3.24. The molecule has 27 heavy (non-hydrogen) atoms. The normalized spacial score (nSPS) is 14.4. The summed E-state index contributed by atoms with van der Waals surface area (Å²) in [6, 6.07) is 7.16. The van der Waals surface area contributed by atoms with E-state index in [4.69, 9.17) is 11.6 Å². The van der Waals surface area contributed by atoms with Gasteiger partial charge in [-0.25, -0.2) is 19.6 Å². The number of halogens is 2. The van der Waals surface area contributed by atoms with E-state index in [0.717, 1.165) is 10.3 Å². The van der Waals surface area contributed by atoms with E-state index < -0.39 is 0 Å². The summed E-state index contributed by atoms with van der Waals surface area (Å²) in [5, 5.41) is 4.54. The summed E-state index contributed by atoms with van der Waals surface area (Å²) in [4.78, 5) is 29.2. The lowest BCUT2D eigenvalue weighted by Crippen LogP contribution is -2.49. The molecule has 0 saturated carbocycles. The lowest BCUT2D eigenvalue weighted by Gasteiger charge is -2.35. The second-order valence-corrected chi connectivity index (χ2v) is 7.30. The fourth-order valence-corrected chi connectivity index (χ4v) is 3.49. The predicted molar refractivity (Wildman–Crippen MR) is 104 cm³/mol. The number of hydrogen-bond donors (Lipinski definition) is 0. The van der Waals surface area contributed by atoms with E-state index >= 15 is 0 Å². The van der Waals surface area contributed by atoms with Gasteiger partial charge in [-0.05, 0) is 18.2 Å². The number of benzene rings is 1. The van der Waals surface area contributed by atoms with Crippen LogP contribution in [0.15, 0.2) is 47.7 Å². The van der Waals surface area contributed by atoms with Crippen molar-refractivity contribution < 1.29 is 4.79 Å². The average molecular weight is 449 g/mol. The number of hydrogen-bond acceptors (Lipinski definition) is 6. The van der Waals surface area contributed by atoms with Crippen LogP contribution in [0.1, 0.15) is 10.4 Å². The Morgan fingerprint density at radius 2 is 1.81 bits per heavy atom. The van der Waals surface area contributed by atoms with Gasteiger partial charge in [-0.2, -0.15) is 5.10 Å². The number of carbonyl (C=O) groups excluding carboxylic acids is 1. The van der Waals surface area contributed by atoms with Crippen LogP contribution in [0.3, 0.4) is 0 Å². The zero-order valence-electron chi connectivity index (χ0n) is 14.2.